The maximum Gasteiger partial charge on any atom is 0.239 e. The predicted molar refractivity (Wildman–Crippen MR) is 80.8 cm³/mol. The van der Waals surface area contributed by atoms with Crippen LogP contribution in [0.3, 0.4) is 0 Å². The molecular formula is C13H16BrN5. The highest BCUT2D eigenvalue weighted by Crippen LogP contribution is 2.21. The predicted octanol–water partition coefficient (Wildman–Crippen LogP) is 2.57. The van der Waals surface area contributed by atoms with Crippen LogP contribution in [0.15, 0.2) is 41.0 Å². The van der Waals surface area contributed by atoms with Gasteiger partial charge in [0, 0.05) is 12.2 Å². The molecule has 0 aliphatic rings. The van der Waals surface area contributed by atoms with Crippen LogP contribution in [0, 0.1) is 0 Å². The summed E-state index contributed by atoms with van der Waals surface area (Å²) < 4.78 is 0.811. The van der Waals surface area contributed by atoms with Crippen molar-refractivity contribution in [2.75, 3.05) is 10.7 Å². The molecule has 0 amide bonds. The van der Waals surface area contributed by atoms with Crippen LogP contribution < -0.4 is 16.6 Å². The van der Waals surface area contributed by atoms with Crippen LogP contribution in [-0.2, 0) is 6.42 Å². The number of benzene rings is 1. The Labute approximate surface area is 120 Å². The van der Waals surface area contributed by atoms with Crippen molar-refractivity contribution >= 4 is 27.7 Å². The average molecular weight is 322 g/mol. The van der Waals surface area contributed by atoms with Gasteiger partial charge in [0.05, 0.1) is 4.47 Å². The van der Waals surface area contributed by atoms with Crippen molar-refractivity contribution in [1.29, 1.82) is 0 Å². The molecule has 0 radical (unpaired) electrons. The minimum absolute atomic E-state index is 0.249. The number of anilines is 2. The van der Waals surface area contributed by atoms with Gasteiger partial charge in [-0.25, -0.2) is 10.8 Å². The summed E-state index contributed by atoms with van der Waals surface area (Å²) in [5.41, 5.74) is 3.72. The van der Waals surface area contributed by atoms with Gasteiger partial charge in [0.2, 0.25) is 5.95 Å². The monoisotopic (exact) mass is 321 g/mol. The zero-order valence-corrected chi connectivity index (χ0v) is 12.2. The topological polar surface area (TPSA) is 75.9 Å². The van der Waals surface area contributed by atoms with Gasteiger partial charge in [0.25, 0.3) is 0 Å². The molecule has 1 aromatic carbocycles. The van der Waals surface area contributed by atoms with Crippen molar-refractivity contribution < 1.29 is 0 Å². The number of nitrogens with two attached hydrogens (primary N) is 1. The molecule has 1 heterocycles. The van der Waals surface area contributed by atoms with E-state index in [4.69, 9.17) is 5.84 Å². The minimum Gasteiger partial charge on any atom is -0.366 e. The molecule has 100 valence electrons. The first-order valence-electron chi connectivity index (χ1n) is 5.98. The molecular weight excluding hydrogens is 306 g/mol. The van der Waals surface area contributed by atoms with Crippen molar-refractivity contribution in [1.82, 2.24) is 9.97 Å². The third kappa shape index (κ3) is 3.90. The second-order valence-corrected chi connectivity index (χ2v) is 5.12. The maximum atomic E-state index is 5.31. The number of nitrogen functional groups attached to an aromatic ring is 1. The molecule has 2 aromatic rings. The summed E-state index contributed by atoms with van der Waals surface area (Å²) >= 11 is 3.42. The molecule has 0 fully saturated rings. The zero-order chi connectivity index (χ0) is 13.7. The summed E-state index contributed by atoms with van der Waals surface area (Å²) in [5, 5.41) is 3.34. The number of hydrazine groups is 1. The molecule has 0 spiro atoms. The van der Waals surface area contributed by atoms with E-state index < -0.39 is 0 Å². The lowest BCUT2D eigenvalue weighted by Crippen LogP contribution is -2.20. The third-order valence-electron chi connectivity index (χ3n) is 2.64. The van der Waals surface area contributed by atoms with E-state index in [9.17, 15) is 0 Å². The fourth-order valence-corrected chi connectivity index (χ4v) is 2.10. The van der Waals surface area contributed by atoms with Crippen LogP contribution in [0.25, 0.3) is 0 Å². The van der Waals surface area contributed by atoms with Crippen LogP contribution in [-0.4, -0.2) is 16.0 Å². The van der Waals surface area contributed by atoms with Gasteiger partial charge in [-0.15, -0.1) is 0 Å². The number of aromatic nitrogens is 2. The normalized spacial score (nSPS) is 11.9. The molecule has 4 N–H and O–H groups in total. The Morgan fingerprint density at radius 3 is 2.74 bits per heavy atom. The highest BCUT2D eigenvalue weighted by Gasteiger charge is 2.08. The highest BCUT2D eigenvalue weighted by atomic mass is 79.9. The van der Waals surface area contributed by atoms with Crippen molar-refractivity contribution in [3.63, 3.8) is 0 Å². The number of nitrogens with zero attached hydrogens (tertiary/aromatic N) is 2. The Hall–Kier alpha value is -1.66. The molecule has 0 saturated heterocycles. The molecule has 5 nitrogen and oxygen atoms in total. The van der Waals surface area contributed by atoms with Gasteiger partial charge < -0.3 is 5.32 Å². The minimum atomic E-state index is 0.249. The van der Waals surface area contributed by atoms with Crippen molar-refractivity contribution in [3.05, 3.63) is 46.6 Å². The van der Waals surface area contributed by atoms with E-state index >= 15 is 0 Å². The van der Waals surface area contributed by atoms with E-state index in [-0.39, 0.29) is 6.04 Å². The first-order chi connectivity index (χ1) is 9.19. The second-order valence-electron chi connectivity index (χ2n) is 4.27. The molecule has 0 aliphatic heterocycles. The smallest absolute Gasteiger partial charge is 0.239 e. The van der Waals surface area contributed by atoms with Gasteiger partial charge in [-0.3, -0.25) is 5.43 Å². The lowest BCUT2D eigenvalue weighted by molar-refractivity contribution is 0.782. The number of hydrogen-bond acceptors (Lipinski definition) is 5. The number of halogens is 1. The Morgan fingerprint density at radius 2 is 2.05 bits per heavy atom. The summed E-state index contributed by atoms with van der Waals surface area (Å²) in [4.78, 5) is 8.28. The standard InChI is InChI=1S/C13H16BrN5/c1-9(7-10-5-3-2-4-6-10)17-12-11(14)8-16-13(18-12)19-15/h2-6,8-9H,7,15H2,1H3,(H2,16,17,18,19). The summed E-state index contributed by atoms with van der Waals surface area (Å²) in [7, 11) is 0. The van der Waals surface area contributed by atoms with Crippen LogP contribution in [0.1, 0.15) is 12.5 Å². The molecule has 0 aliphatic carbocycles. The van der Waals surface area contributed by atoms with Gasteiger partial charge in [0.1, 0.15) is 5.82 Å². The quantitative estimate of drug-likeness (QED) is 0.583. The molecule has 0 bridgehead atoms. The molecule has 0 saturated carbocycles. The molecule has 19 heavy (non-hydrogen) atoms. The highest BCUT2D eigenvalue weighted by molar-refractivity contribution is 9.10. The van der Waals surface area contributed by atoms with E-state index in [2.05, 4.69) is 55.7 Å². The van der Waals surface area contributed by atoms with Crippen LogP contribution in [0.5, 0.6) is 0 Å². The fraction of sp³-hybridized carbons (Fsp3) is 0.231. The maximum absolute atomic E-state index is 5.31. The Morgan fingerprint density at radius 1 is 1.32 bits per heavy atom. The van der Waals surface area contributed by atoms with Gasteiger partial charge >= 0.3 is 0 Å². The molecule has 2 rings (SSSR count). The van der Waals surface area contributed by atoms with Crippen molar-refractivity contribution in [2.24, 2.45) is 5.84 Å². The van der Waals surface area contributed by atoms with Crippen LogP contribution in [0.4, 0.5) is 11.8 Å². The van der Waals surface area contributed by atoms with E-state index in [1.165, 1.54) is 5.56 Å². The molecule has 1 aromatic heterocycles. The van der Waals surface area contributed by atoms with Gasteiger partial charge in [-0.1, -0.05) is 30.3 Å². The number of hydrogen-bond donors (Lipinski definition) is 3. The van der Waals surface area contributed by atoms with E-state index in [1.54, 1.807) is 6.20 Å². The van der Waals surface area contributed by atoms with Gasteiger partial charge in [-0.2, -0.15) is 4.98 Å². The number of nitrogens with one attached hydrogen (secondary N) is 2. The Balaban J connectivity index is 2.04. The van der Waals surface area contributed by atoms with Gasteiger partial charge in [-0.05, 0) is 34.8 Å². The first-order valence-corrected chi connectivity index (χ1v) is 6.78. The molecule has 1 atom stereocenters. The van der Waals surface area contributed by atoms with Crippen molar-refractivity contribution in [2.45, 2.75) is 19.4 Å². The fourth-order valence-electron chi connectivity index (χ4n) is 1.79. The largest absolute Gasteiger partial charge is 0.366 e. The number of rotatable bonds is 5. The zero-order valence-electron chi connectivity index (χ0n) is 10.6. The summed E-state index contributed by atoms with van der Waals surface area (Å²) in [6.07, 6.45) is 2.59. The second kappa shape index (κ2) is 6.49. The van der Waals surface area contributed by atoms with Gasteiger partial charge in [0.15, 0.2) is 0 Å². The molecule has 6 heteroatoms. The van der Waals surface area contributed by atoms with E-state index in [0.29, 0.717) is 5.95 Å². The van der Waals surface area contributed by atoms with E-state index in [0.717, 1.165) is 16.7 Å². The lowest BCUT2D eigenvalue weighted by atomic mass is 10.1. The Kier molecular flexibility index (Phi) is 4.70. The SMILES string of the molecule is CC(Cc1ccccc1)Nc1nc(NN)ncc1Br. The summed E-state index contributed by atoms with van der Waals surface area (Å²) in [6, 6.07) is 10.6. The summed E-state index contributed by atoms with van der Waals surface area (Å²) in [5.74, 6) is 6.42. The third-order valence-corrected chi connectivity index (χ3v) is 3.22. The first kappa shape index (κ1) is 13.8. The van der Waals surface area contributed by atoms with E-state index in [1.807, 2.05) is 18.2 Å². The summed E-state index contributed by atoms with van der Waals surface area (Å²) in [6.45, 7) is 2.11. The Bertz CT molecular complexity index is 532. The average Bonchev–Trinajstić information content (AvgIpc) is 2.42. The lowest BCUT2D eigenvalue weighted by Gasteiger charge is -2.16. The molecule has 1 unspecified atom stereocenters. The van der Waals surface area contributed by atoms with Crippen molar-refractivity contribution in [3.8, 4) is 0 Å². The van der Waals surface area contributed by atoms with Crippen LogP contribution in [0.2, 0.25) is 0 Å². The van der Waals surface area contributed by atoms with Crippen LogP contribution >= 0.6 is 15.9 Å².